The van der Waals surface area contributed by atoms with Gasteiger partial charge in [0.25, 0.3) is 0 Å². The van der Waals surface area contributed by atoms with Crippen LogP contribution in [0.4, 0.5) is 4.79 Å². The van der Waals surface area contributed by atoms with Gasteiger partial charge >= 0.3 is 6.09 Å². The van der Waals surface area contributed by atoms with Crippen LogP contribution < -0.4 is 5.32 Å². The van der Waals surface area contributed by atoms with E-state index in [1.54, 1.807) is 0 Å². The lowest BCUT2D eigenvalue weighted by Crippen LogP contribution is -2.48. The summed E-state index contributed by atoms with van der Waals surface area (Å²) in [7, 11) is 0. The Morgan fingerprint density at radius 2 is 2.00 bits per heavy atom. The maximum atomic E-state index is 12.0. The third-order valence-corrected chi connectivity index (χ3v) is 4.38. The number of thioether (sulfide) groups is 1. The Morgan fingerprint density at radius 1 is 1.40 bits per heavy atom. The number of carbonyl (C=O) groups is 1. The van der Waals surface area contributed by atoms with E-state index in [0.29, 0.717) is 12.1 Å². The van der Waals surface area contributed by atoms with E-state index >= 15 is 0 Å². The summed E-state index contributed by atoms with van der Waals surface area (Å²) in [4.78, 5) is 13.8. The van der Waals surface area contributed by atoms with Crippen molar-refractivity contribution in [3.05, 3.63) is 0 Å². The summed E-state index contributed by atoms with van der Waals surface area (Å²) in [5.74, 6) is 2.33. The molecule has 1 atom stereocenters. The Hall–Kier alpha value is -0.420. The highest BCUT2D eigenvalue weighted by Crippen LogP contribution is 2.16. The summed E-state index contributed by atoms with van der Waals surface area (Å²) in [5.41, 5.74) is -0.405. The molecular formula is C15H30N2O2S. The highest BCUT2D eigenvalue weighted by atomic mass is 32.2. The summed E-state index contributed by atoms with van der Waals surface area (Å²) in [6.45, 7) is 11.7. The monoisotopic (exact) mass is 302 g/mol. The normalized spacial score (nSPS) is 18.9. The van der Waals surface area contributed by atoms with Gasteiger partial charge in [-0.2, -0.15) is 11.8 Å². The number of rotatable bonds is 5. The van der Waals surface area contributed by atoms with Gasteiger partial charge in [0.2, 0.25) is 0 Å². The Morgan fingerprint density at radius 3 is 2.50 bits per heavy atom. The van der Waals surface area contributed by atoms with Crippen molar-refractivity contribution in [1.29, 1.82) is 0 Å². The van der Waals surface area contributed by atoms with Gasteiger partial charge in [0.05, 0.1) is 0 Å². The predicted molar refractivity (Wildman–Crippen MR) is 86.4 cm³/mol. The molecule has 4 nitrogen and oxygen atoms in total. The van der Waals surface area contributed by atoms with Crippen molar-refractivity contribution in [3.63, 3.8) is 0 Å². The summed E-state index contributed by atoms with van der Waals surface area (Å²) in [6, 6.07) is 1.07. The molecule has 1 aliphatic rings. The minimum absolute atomic E-state index is 0.175. The average molecular weight is 302 g/mol. The third-order valence-electron chi connectivity index (χ3n) is 3.24. The van der Waals surface area contributed by atoms with Gasteiger partial charge in [0.15, 0.2) is 0 Å². The average Bonchev–Trinajstić information content (AvgIpc) is 2.35. The molecule has 20 heavy (non-hydrogen) atoms. The first kappa shape index (κ1) is 17.6. The van der Waals surface area contributed by atoms with Crippen LogP contribution in [0.25, 0.3) is 0 Å². The van der Waals surface area contributed by atoms with Gasteiger partial charge in [-0.15, -0.1) is 0 Å². The molecule has 118 valence electrons. The number of nitrogens with zero attached hydrogens (tertiary/aromatic N) is 1. The van der Waals surface area contributed by atoms with E-state index in [0.717, 1.165) is 31.7 Å². The van der Waals surface area contributed by atoms with E-state index in [9.17, 15) is 4.79 Å². The van der Waals surface area contributed by atoms with E-state index in [4.69, 9.17) is 4.74 Å². The zero-order chi connectivity index (χ0) is 15.2. The van der Waals surface area contributed by atoms with Gasteiger partial charge < -0.3 is 15.0 Å². The van der Waals surface area contributed by atoms with Crippen LogP contribution in [0, 0.1) is 0 Å². The quantitative estimate of drug-likeness (QED) is 0.847. The summed E-state index contributed by atoms with van der Waals surface area (Å²) >= 11 is 1.97. The van der Waals surface area contributed by atoms with Crippen molar-refractivity contribution < 1.29 is 9.53 Å². The lowest BCUT2D eigenvalue weighted by molar-refractivity contribution is 0.0197. The van der Waals surface area contributed by atoms with Crippen molar-refractivity contribution in [2.75, 3.05) is 24.6 Å². The molecule has 0 spiro atoms. The summed E-state index contributed by atoms with van der Waals surface area (Å²) < 4.78 is 5.41. The summed E-state index contributed by atoms with van der Waals surface area (Å²) in [5, 5.41) is 3.66. The number of hydrogen-bond donors (Lipinski definition) is 1. The lowest BCUT2D eigenvalue weighted by atomic mass is 10.0. The van der Waals surface area contributed by atoms with Gasteiger partial charge in [0.1, 0.15) is 5.60 Å². The number of nitrogens with one attached hydrogen (secondary N) is 1. The Labute approximate surface area is 128 Å². The number of piperidine rings is 1. The number of carbonyl (C=O) groups excluding carboxylic acids is 1. The number of likely N-dealkylation sites (tertiary alicyclic amines) is 1. The fourth-order valence-electron chi connectivity index (χ4n) is 2.30. The molecule has 0 aromatic carbocycles. The molecule has 1 saturated heterocycles. The molecule has 1 N–H and O–H groups in total. The molecule has 0 aromatic rings. The molecular weight excluding hydrogens is 272 g/mol. The molecule has 1 unspecified atom stereocenters. The van der Waals surface area contributed by atoms with Crippen LogP contribution in [0.15, 0.2) is 0 Å². The van der Waals surface area contributed by atoms with Gasteiger partial charge in [-0.05, 0) is 46.3 Å². The fourth-order valence-corrected chi connectivity index (χ4v) is 2.99. The molecule has 0 bridgehead atoms. The molecule has 0 aliphatic carbocycles. The second-order valence-corrected chi connectivity index (χ2v) is 7.79. The topological polar surface area (TPSA) is 41.6 Å². The zero-order valence-corrected chi connectivity index (χ0v) is 14.4. The highest BCUT2D eigenvalue weighted by Gasteiger charge is 2.27. The van der Waals surface area contributed by atoms with Gasteiger partial charge in [0, 0.05) is 30.9 Å². The minimum Gasteiger partial charge on any atom is -0.444 e. The smallest absolute Gasteiger partial charge is 0.410 e. The first-order valence-electron chi connectivity index (χ1n) is 7.63. The van der Waals surface area contributed by atoms with E-state index < -0.39 is 5.60 Å². The molecule has 0 radical (unpaired) electrons. The van der Waals surface area contributed by atoms with Crippen LogP contribution in [0.1, 0.15) is 47.5 Å². The molecule has 1 amide bonds. The van der Waals surface area contributed by atoms with Crippen molar-refractivity contribution in [2.24, 2.45) is 0 Å². The van der Waals surface area contributed by atoms with Crippen LogP contribution in [-0.4, -0.2) is 53.3 Å². The van der Waals surface area contributed by atoms with Crippen molar-refractivity contribution in [2.45, 2.75) is 65.1 Å². The molecule has 0 aromatic heterocycles. The maximum Gasteiger partial charge on any atom is 0.410 e. The van der Waals surface area contributed by atoms with Gasteiger partial charge in [-0.25, -0.2) is 4.79 Å². The van der Waals surface area contributed by atoms with E-state index in [1.807, 2.05) is 37.4 Å². The van der Waals surface area contributed by atoms with Crippen molar-refractivity contribution >= 4 is 17.9 Å². The standard InChI is InChI=1S/C15H30N2O2S/c1-6-20-11-12(2)16-13-7-9-17(10-8-13)14(18)19-15(3,4)5/h12-13,16H,6-11H2,1-5H3. The van der Waals surface area contributed by atoms with Crippen LogP contribution in [0.3, 0.4) is 0 Å². The van der Waals surface area contributed by atoms with Crippen LogP contribution >= 0.6 is 11.8 Å². The molecule has 1 fully saturated rings. The summed E-state index contributed by atoms with van der Waals surface area (Å²) in [6.07, 6.45) is 1.85. The fraction of sp³-hybridized carbons (Fsp3) is 0.933. The van der Waals surface area contributed by atoms with Crippen LogP contribution in [0.5, 0.6) is 0 Å². The van der Waals surface area contributed by atoms with E-state index in [1.165, 1.54) is 5.75 Å². The second-order valence-electron chi connectivity index (χ2n) is 6.47. The largest absolute Gasteiger partial charge is 0.444 e. The SMILES string of the molecule is CCSCC(C)NC1CCN(C(=O)OC(C)(C)C)CC1. The zero-order valence-electron chi connectivity index (χ0n) is 13.6. The second kappa shape index (κ2) is 8.13. The number of ether oxygens (including phenoxy) is 1. The molecule has 1 aliphatic heterocycles. The molecule has 1 rings (SSSR count). The van der Waals surface area contributed by atoms with Crippen molar-refractivity contribution in [1.82, 2.24) is 10.2 Å². The van der Waals surface area contributed by atoms with Gasteiger partial charge in [-0.1, -0.05) is 6.92 Å². The maximum absolute atomic E-state index is 12.0. The Bertz CT molecular complexity index is 297. The Balaban J connectivity index is 2.27. The highest BCUT2D eigenvalue weighted by molar-refractivity contribution is 7.99. The Kier molecular flexibility index (Phi) is 7.17. The third kappa shape index (κ3) is 6.84. The molecule has 5 heteroatoms. The van der Waals surface area contributed by atoms with E-state index in [-0.39, 0.29) is 6.09 Å². The van der Waals surface area contributed by atoms with E-state index in [2.05, 4.69) is 19.2 Å². The molecule has 0 saturated carbocycles. The molecule has 1 heterocycles. The lowest BCUT2D eigenvalue weighted by Gasteiger charge is -2.34. The minimum atomic E-state index is -0.405. The predicted octanol–water partition coefficient (Wildman–Crippen LogP) is 3.12. The van der Waals surface area contributed by atoms with Crippen LogP contribution in [-0.2, 0) is 4.74 Å². The van der Waals surface area contributed by atoms with Crippen molar-refractivity contribution in [3.8, 4) is 0 Å². The number of hydrogen-bond acceptors (Lipinski definition) is 4. The first-order valence-corrected chi connectivity index (χ1v) is 8.79. The van der Waals surface area contributed by atoms with Crippen LogP contribution in [0.2, 0.25) is 0 Å². The number of amides is 1. The first-order chi connectivity index (χ1) is 9.31. The van der Waals surface area contributed by atoms with Gasteiger partial charge in [-0.3, -0.25) is 0 Å².